The van der Waals surface area contributed by atoms with E-state index in [-0.39, 0.29) is 5.75 Å². The first-order valence-electron chi connectivity index (χ1n) is 15.5. The van der Waals surface area contributed by atoms with Crippen molar-refractivity contribution >= 4 is 11.6 Å². The number of halogens is 4. The third kappa shape index (κ3) is 7.69. The Morgan fingerprint density at radius 1 is 0.756 bits per heavy atom. The van der Waals surface area contributed by atoms with Gasteiger partial charge in [0.25, 0.3) is 0 Å². The Morgan fingerprint density at radius 3 is 1.90 bits per heavy atom. The molecule has 41 heavy (non-hydrogen) atoms. The molecule has 0 atom stereocenters. The van der Waals surface area contributed by atoms with Crippen LogP contribution in [0.4, 0.5) is 13.2 Å². The number of unbranched alkanes of at least 4 members (excludes halogenated alkanes) is 2. The van der Waals surface area contributed by atoms with E-state index in [0.29, 0.717) is 53.7 Å². The van der Waals surface area contributed by atoms with Crippen molar-refractivity contribution in [3.05, 3.63) is 88.7 Å². The van der Waals surface area contributed by atoms with E-state index in [9.17, 15) is 4.39 Å². The minimum absolute atomic E-state index is 0.155. The molecule has 220 valence electrons. The second-order valence-electron chi connectivity index (χ2n) is 12.2. The second kappa shape index (κ2) is 13.7. The van der Waals surface area contributed by atoms with Crippen LogP contribution in [-0.2, 0) is 0 Å². The largest absolute Gasteiger partial charge is 0.432 e. The van der Waals surface area contributed by atoms with Gasteiger partial charge >= 0.3 is 6.11 Å². The maximum atomic E-state index is 15.1. The van der Waals surface area contributed by atoms with Crippen LogP contribution in [-0.4, -0.2) is 6.11 Å². The quantitative estimate of drug-likeness (QED) is 0.216. The third-order valence-electron chi connectivity index (χ3n) is 9.49. The van der Waals surface area contributed by atoms with Crippen molar-refractivity contribution < 1.29 is 17.9 Å². The van der Waals surface area contributed by atoms with Gasteiger partial charge in [0.1, 0.15) is 11.6 Å². The predicted molar refractivity (Wildman–Crippen MR) is 162 cm³/mol. The number of hydrogen-bond acceptors (Lipinski definition) is 1. The number of benzene rings is 3. The summed E-state index contributed by atoms with van der Waals surface area (Å²) in [5, 5.41) is 0.547. The molecule has 1 nitrogen and oxygen atoms in total. The van der Waals surface area contributed by atoms with Crippen LogP contribution in [0.2, 0.25) is 5.02 Å². The smallest absolute Gasteiger partial charge is 0.400 e. The van der Waals surface area contributed by atoms with E-state index in [0.717, 1.165) is 12.0 Å². The molecule has 5 rings (SSSR count). The number of hydrogen-bond donors (Lipinski definition) is 0. The van der Waals surface area contributed by atoms with Gasteiger partial charge in [-0.2, -0.15) is 8.78 Å². The van der Waals surface area contributed by atoms with Crippen LogP contribution < -0.4 is 4.74 Å². The summed E-state index contributed by atoms with van der Waals surface area (Å²) in [5.41, 5.74) is 3.63. The van der Waals surface area contributed by atoms with Gasteiger partial charge in [0.05, 0.1) is 5.92 Å². The molecule has 0 heterocycles. The van der Waals surface area contributed by atoms with E-state index >= 15 is 8.78 Å². The molecule has 0 bridgehead atoms. The summed E-state index contributed by atoms with van der Waals surface area (Å²) in [6.07, 6.45) is 9.48. The first-order valence-corrected chi connectivity index (χ1v) is 15.9. The zero-order valence-corrected chi connectivity index (χ0v) is 24.8. The zero-order valence-electron chi connectivity index (χ0n) is 24.1. The van der Waals surface area contributed by atoms with Gasteiger partial charge < -0.3 is 4.74 Å². The highest BCUT2D eigenvalue weighted by molar-refractivity contribution is 6.30. The molecule has 3 aromatic carbocycles. The van der Waals surface area contributed by atoms with Crippen LogP contribution in [0.1, 0.15) is 107 Å². The first-order chi connectivity index (χ1) is 19.8. The lowest BCUT2D eigenvalue weighted by molar-refractivity contribution is -0.222. The summed E-state index contributed by atoms with van der Waals surface area (Å²) in [7, 11) is 0. The second-order valence-corrected chi connectivity index (χ2v) is 12.7. The van der Waals surface area contributed by atoms with Crippen molar-refractivity contribution in [3.63, 3.8) is 0 Å². The van der Waals surface area contributed by atoms with E-state index in [1.165, 1.54) is 74.6 Å². The molecule has 0 spiro atoms. The predicted octanol–water partition coefficient (Wildman–Crippen LogP) is 11.9. The average Bonchev–Trinajstić information content (AvgIpc) is 2.98. The number of alkyl halides is 2. The molecule has 0 unspecified atom stereocenters. The molecular formula is C36H42ClF3O. The third-order valence-corrected chi connectivity index (χ3v) is 9.75. The maximum Gasteiger partial charge on any atom is 0.400 e. The Balaban J connectivity index is 1.12. The SMILES string of the molecule is CCCCCC1CCC(c2ccc(C3CCC(C(F)(F)Oc4ccc(-c5ccc(Cl)cc5)c(F)c4)CC3)cc2)CC1. The van der Waals surface area contributed by atoms with Gasteiger partial charge in [-0.05, 0) is 110 Å². The van der Waals surface area contributed by atoms with E-state index in [4.69, 9.17) is 16.3 Å². The number of rotatable bonds is 10. The van der Waals surface area contributed by atoms with Gasteiger partial charge in [-0.15, -0.1) is 0 Å². The fraction of sp³-hybridized carbons (Fsp3) is 0.500. The molecule has 0 N–H and O–H groups in total. The highest BCUT2D eigenvalue weighted by Gasteiger charge is 2.44. The summed E-state index contributed by atoms with van der Waals surface area (Å²) >= 11 is 5.91. The summed E-state index contributed by atoms with van der Waals surface area (Å²) in [6, 6.07) is 19.7. The van der Waals surface area contributed by atoms with Crippen LogP contribution in [0.15, 0.2) is 66.7 Å². The van der Waals surface area contributed by atoms with Gasteiger partial charge in [0.15, 0.2) is 0 Å². The monoisotopic (exact) mass is 582 g/mol. The lowest BCUT2D eigenvalue weighted by Gasteiger charge is -2.33. The molecule has 0 aliphatic heterocycles. The standard InChI is InChI=1S/C36H42ClF3O/c1-2-3-4-5-25-6-8-26(9-7-25)27-10-12-28(13-11-27)29-14-18-31(19-15-29)36(39,40)41-33-22-23-34(35(38)24-33)30-16-20-32(37)21-17-30/h10-13,16-17,20-26,29,31H,2-9,14-15,18-19H2,1H3. The lowest BCUT2D eigenvalue weighted by Crippen LogP contribution is -2.37. The van der Waals surface area contributed by atoms with E-state index in [1.54, 1.807) is 24.3 Å². The summed E-state index contributed by atoms with van der Waals surface area (Å²) in [6.45, 7) is 2.27. The van der Waals surface area contributed by atoms with Crippen molar-refractivity contribution in [2.45, 2.75) is 102 Å². The Morgan fingerprint density at radius 2 is 1.34 bits per heavy atom. The topological polar surface area (TPSA) is 9.23 Å². The lowest BCUT2D eigenvalue weighted by atomic mass is 9.75. The highest BCUT2D eigenvalue weighted by atomic mass is 35.5. The summed E-state index contributed by atoms with van der Waals surface area (Å²) < 4.78 is 50.1. The molecule has 0 amide bonds. The Labute approximate surface area is 248 Å². The first kappa shape index (κ1) is 30.0. The molecule has 3 aromatic rings. The Bertz CT molecular complexity index is 1240. The summed E-state index contributed by atoms with van der Waals surface area (Å²) in [4.78, 5) is 0. The Hall–Kier alpha value is -2.46. The van der Waals surface area contributed by atoms with Crippen LogP contribution in [0.25, 0.3) is 11.1 Å². The van der Waals surface area contributed by atoms with Crippen molar-refractivity contribution in [1.29, 1.82) is 0 Å². The molecule has 2 saturated carbocycles. The molecule has 2 aliphatic carbocycles. The van der Waals surface area contributed by atoms with Gasteiger partial charge in [0.2, 0.25) is 0 Å². The minimum atomic E-state index is -3.35. The van der Waals surface area contributed by atoms with Crippen LogP contribution in [0.5, 0.6) is 5.75 Å². The molecule has 2 aliphatic rings. The zero-order chi connectivity index (χ0) is 28.8. The molecule has 0 saturated heterocycles. The Kier molecular flexibility index (Phi) is 10.0. The van der Waals surface area contributed by atoms with Crippen LogP contribution in [0, 0.1) is 17.7 Å². The van der Waals surface area contributed by atoms with Gasteiger partial charge in [-0.25, -0.2) is 4.39 Å². The van der Waals surface area contributed by atoms with Gasteiger partial charge in [0, 0.05) is 16.7 Å². The van der Waals surface area contributed by atoms with E-state index in [2.05, 4.69) is 31.2 Å². The molecule has 0 radical (unpaired) electrons. The fourth-order valence-corrected chi connectivity index (χ4v) is 7.06. The minimum Gasteiger partial charge on any atom is -0.432 e. The summed E-state index contributed by atoms with van der Waals surface area (Å²) in [5.74, 6) is 0.210. The average molecular weight is 583 g/mol. The van der Waals surface area contributed by atoms with Crippen LogP contribution >= 0.6 is 11.6 Å². The highest BCUT2D eigenvalue weighted by Crippen LogP contribution is 2.44. The number of ether oxygens (including phenoxy) is 1. The van der Waals surface area contributed by atoms with Crippen LogP contribution in [0.3, 0.4) is 0 Å². The molecule has 2 fully saturated rings. The fourth-order valence-electron chi connectivity index (χ4n) is 6.93. The van der Waals surface area contributed by atoms with Crippen molar-refractivity contribution in [2.24, 2.45) is 11.8 Å². The van der Waals surface area contributed by atoms with Crippen molar-refractivity contribution in [1.82, 2.24) is 0 Å². The van der Waals surface area contributed by atoms with E-state index < -0.39 is 17.8 Å². The van der Waals surface area contributed by atoms with Crippen molar-refractivity contribution in [2.75, 3.05) is 0 Å². The molecular weight excluding hydrogens is 541 g/mol. The normalized spacial score (nSPS) is 23.3. The maximum absolute atomic E-state index is 15.1. The van der Waals surface area contributed by atoms with Gasteiger partial charge in [-0.1, -0.05) is 80.6 Å². The molecule has 5 heteroatoms. The van der Waals surface area contributed by atoms with Crippen molar-refractivity contribution in [3.8, 4) is 16.9 Å². The van der Waals surface area contributed by atoms with E-state index in [1.807, 2.05) is 0 Å². The van der Waals surface area contributed by atoms with Gasteiger partial charge in [-0.3, -0.25) is 0 Å². The molecule has 0 aromatic heterocycles.